The van der Waals surface area contributed by atoms with Crippen molar-refractivity contribution in [1.82, 2.24) is 15.1 Å². The Morgan fingerprint density at radius 3 is 2.46 bits per heavy atom. The number of fused-ring (bicyclic) bond motifs is 1. The minimum absolute atomic E-state index is 0.0529. The summed E-state index contributed by atoms with van der Waals surface area (Å²) in [4.78, 5) is 28.0. The molecule has 1 aliphatic rings. The minimum Gasteiger partial charge on any atom is -0.352 e. The van der Waals surface area contributed by atoms with Crippen LogP contribution in [0.4, 0.5) is 14.6 Å². The lowest BCUT2D eigenvalue weighted by Gasteiger charge is -2.25. The summed E-state index contributed by atoms with van der Waals surface area (Å²) in [5.74, 6) is -0.911. The van der Waals surface area contributed by atoms with E-state index in [2.05, 4.69) is 5.32 Å². The zero-order valence-electron chi connectivity index (χ0n) is 21.7. The molecule has 4 rings (SSSR count). The number of hydrogen-bond donors (Lipinski definition) is 1. The van der Waals surface area contributed by atoms with Crippen LogP contribution in [0.5, 0.6) is 0 Å². The van der Waals surface area contributed by atoms with Gasteiger partial charge in [0.2, 0.25) is 11.8 Å². The summed E-state index contributed by atoms with van der Waals surface area (Å²) in [7, 11) is 0. The highest BCUT2D eigenvalue weighted by molar-refractivity contribution is 8.00. The fraction of sp³-hybridized carbons (Fsp3) is 0.393. The standard InChI is InChI=1S/C28H32F2N4O2S/c1-6-17(2)31-22(35)15-33-23(36)16-37-25(20-9-7-8-10-21(20)30)24-26(28(3,4)5)32-34(27(24)33)19-13-11-18(29)12-14-19/h7-14,17,25H,6,15-16H2,1-5H3,(H,31,35)/t17-,25+/m0/s1. The summed E-state index contributed by atoms with van der Waals surface area (Å²) in [6.07, 6.45) is 0.748. The molecule has 0 unspecified atom stereocenters. The second-order valence-corrected chi connectivity index (χ2v) is 11.4. The Balaban J connectivity index is 1.99. The second kappa shape index (κ2) is 10.7. The fourth-order valence-corrected chi connectivity index (χ4v) is 5.55. The molecule has 0 fully saturated rings. The average molecular weight is 527 g/mol. The molecular weight excluding hydrogens is 494 g/mol. The quantitative estimate of drug-likeness (QED) is 0.459. The predicted molar refractivity (Wildman–Crippen MR) is 143 cm³/mol. The number of halogens is 2. The van der Waals surface area contributed by atoms with E-state index in [1.54, 1.807) is 35.0 Å². The first-order chi connectivity index (χ1) is 17.5. The third-order valence-electron chi connectivity index (χ3n) is 6.38. The second-order valence-electron chi connectivity index (χ2n) is 10.3. The summed E-state index contributed by atoms with van der Waals surface area (Å²) in [5.41, 5.74) is 1.85. The Labute approximate surface area is 220 Å². The Morgan fingerprint density at radius 2 is 1.84 bits per heavy atom. The molecule has 1 N–H and O–H groups in total. The number of anilines is 1. The molecule has 37 heavy (non-hydrogen) atoms. The van der Waals surface area contributed by atoms with Gasteiger partial charge in [0, 0.05) is 22.6 Å². The van der Waals surface area contributed by atoms with Crippen molar-refractivity contribution in [3.63, 3.8) is 0 Å². The molecule has 0 saturated carbocycles. The van der Waals surface area contributed by atoms with Crippen molar-refractivity contribution in [2.24, 2.45) is 0 Å². The van der Waals surface area contributed by atoms with E-state index < -0.39 is 16.5 Å². The van der Waals surface area contributed by atoms with Gasteiger partial charge < -0.3 is 5.32 Å². The highest BCUT2D eigenvalue weighted by atomic mass is 32.2. The molecule has 3 aromatic rings. The number of amides is 2. The summed E-state index contributed by atoms with van der Waals surface area (Å²) < 4.78 is 30.5. The zero-order chi connectivity index (χ0) is 26.9. The predicted octanol–water partition coefficient (Wildman–Crippen LogP) is 5.53. The molecule has 2 aromatic carbocycles. The minimum atomic E-state index is -0.536. The highest BCUT2D eigenvalue weighted by Crippen LogP contribution is 2.48. The number of hydrogen-bond acceptors (Lipinski definition) is 4. The number of benzene rings is 2. The van der Waals surface area contributed by atoms with Gasteiger partial charge >= 0.3 is 0 Å². The Hall–Kier alpha value is -3.20. The van der Waals surface area contributed by atoms with E-state index in [9.17, 15) is 14.0 Å². The molecule has 9 heteroatoms. The van der Waals surface area contributed by atoms with Gasteiger partial charge in [-0.2, -0.15) is 5.10 Å². The molecule has 0 radical (unpaired) electrons. The van der Waals surface area contributed by atoms with Crippen molar-refractivity contribution in [3.05, 3.63) is 77.0 Å². The largest absolute Gasteiger partial charge is 0.352 e. The topological polar surface area (TPSA) is 67.2 Å². The number of carbonyl (C=O) groups is 2. The van der Waals surface area contributed by atoms with Gasteiger partial charge in [0.15, 0.2) is 0 Å². The molecule has 2 heterocycles. The molecule has 0 aliphatic carbocycles. The van der Waals surface area contributed by atoms with Gasteiger partial charge in [0.1, 0.15) is 24.0 Å². The molecule has 196 valence electrons. The third kappa shape index (κ3) is 5.56. The molecule has 2 atom stereocenters. The van der Waals surface area contributed by atoms with Crippen LogP contribution in [0.3, 0.4) is 0 Å². The lowest BCUT2D eigenvalue weighted by molar-refractivity contribution is -0.123. The fourth-order valence-electron chi connectivity index (χ4n) is 4.33. The number of aromatic nitrogens is 2. The maximum absolute atomic E-state index is 15.1. The van der Waals surface area contributed by atoms with Crippen LogP contribution >= 0.6 is 11.8 Å². The molecule has 2 amide bonds. The van der Waals surface area contributed by atoms with E-state index in [0.717, 1.165) is 6.42 Å². The van der Waals surface area contributed by atoms with Gasteiger partial charge in [-0.05, 0) is 43.7 Å². The van der Waals surface area contributed by atoms with Crippen molar-refractivity contribution in [2.75, 3.05) is 17.2 Å². The third-order valence-corrected chi connectivity index (χ3v) is 7.62. The van der Waals surface area contributed by atoms with Crippen molar-refractivity contribution in [3.8, 4) is 5.69 Å². The lowest BCUT2D eigenvalue weighted by atomic mass is 9.87. The number of carbonyl (C=O) groups excluding carboxylic acids is 2. The zero-order valence-corrected chi connectivity index (χ0v) is 22.5. The summed E-state index contributed by atoms with van der Waals surface area (Å²) in [6, 6.07) is 12.3. The maximum atomic E-state index is 15.1. The Morgan fingerprint density at radius 1 is 1.16 bits per heavy atom. The van der Waals surface area contributed by atoms with Crippen LogP contribution in [0, 0.1) is 11.6 Å². The van der Waals surface area contributed by atoms with Crippen LogP contribution in [0.15, 0.2) is 48.5 Å². The van der Waals surface area contributed by atoms with Crippen LogP contribution in [0.1, 0.15) is 63.1 Å². The van der Waals surface area contributed by atoms with Crippen molar-refractivity contribution in [2.45, 2.75) is 57.7 Å². The number of rotatable bonds is 6. The van der Waals surface area contributed by atoms with Crippen molar-refractivity contribution in [1.29, 1.82) is 0 Å². The molecule has 1 aromatic heterocycles. The Bertz CT molecular complexity index is 1300. The molecule has 6 nitrogen and oxygen atoms in total. The first-order valence-corrected chi connectivity index (χ1v) is 13.4. The highest BCUT2D eigenvalue weighted by Gasteiger charge is 2.40. The summed E-state index contributed by atoms with van der Waals surface area (Å²) >= 11 is 1.32. The van der Waals surface area contributed by atoms with Crippen LogP contribution < -0.4 is 10.2 Å². The number of nitrogens with one attached hydrogen (secondary N) is 1. The van der Waals surface area contributed by atoms with Crippen molar-refractivity contribution < 1.29 is 18.4 Å². The first-order valence-electron chi connectivity index (χ1n) is 12.4. The van der Waals surface area contributed by atoms with Crippen LogP contribution in [0.25, 0.3) is 5.69 Å². The first kappa shape index (κ1) is 26.9. The van der Waals surface area contributed by atoms with Crippen molar-refractivity contribution >= 4 is 29.4 Å². The summed E-state index contributed by atoms with van der Waals surface area (Å²) in [5, 5.41) is 7.30. The maximum Gasteiger partial charge on any atom is 0.240 e. The molecular formula is C28H32F2N4O2S. The molecule has 0 spiro atoms. The van der Waals surface area contributed by atoms with Gasteiger partial charge in [-0.15, -0.1) is 11.8 Å². The van der Waals surface area contributed by atoms with E-state index in [1.165, 1.54) is 34.9 Å². The van der Waals surface area contributed by atoms with E-state index in [-0.39, 0.29) is 36.0 Å². The van der Waals surface area contributed by atoms with Crippen LogP contribution in [-0.2, 0) is 15.0 Å². The van der Waals surface area contributed by atoms with E-state index >= 15 is 4.39 Å². The SMILES string of the molecule is CC[C@H](C)NC(=O)CN1C(=O)CS[C@H](c2ccccc2F)c2c(C(C)(C)C)nn(-c3ccc(F)cc3)c21. The van der Waals surface area contributed by atoms with Gasteiger partial charge in [-0.3, -0.25) is 14.5 Å². The smallest absolute Gasteiger partial charge is 0.240 e. The lowest BCUT2D eigenvalue weighted by Crippen LogP contribution is -2.44. The van der Waals surface area contributed by atoms with Gasteiger partial charge in [-0.25, -0.2) is 13.5 Å². The monoisotopic (exact) mass is 526 g/mol. The van der Waals surface area contributed by atoms with E-state index in [4.69, 9.17) is 5.10 Å². The number of nitrogens with zero attached hydrogens (tertiary/aromatic N) is 3. The molecule has 0 bridgehead atoms. The molecule has 0 saturated heterocycles. The number of thioether (sulfide) groups is 1. The van der Waals surface area contributed by atoms with Gasteiger partial charge in [0.25, 0.3) is 0 Å². The Kier molecular flexibility index (Phi) is 7.73. The van der Waals surface area contributed by atoms with E-state index in [1.807, 2.05) is 34.6 Å². The van der Waals surface area contributed by atoms with Crippen LogP contribution in [0.2, 0.25) is 0 Å². The average Bonchev–Trinajstić information content (AvgIpc) is 3.18. The van der Waals surface area contributed by atoms with Crippen LogP contribution in [-0.4, -0.2) is 39.9 Å². The van der Waals surface area contributed by atoms with E-state index in [0.29, 0.717) is 28.3 Å². The molecule has 1 aliphatic heterocycles. The van der Waals surface area contributed by atoms with Gasteiger partial charge in [0.05, 0.1) is 22.4 Å². The van der Waals surface area contributed by atoms with Gasteiger partial charge in [-0.1, -0.05) is 45.9 Å². The summed E-state index contributed by atoms with van der Waals surface area (Å²) in [6.45, 7) is 9.66. The normalized spacial score (nSPS) is 16.8.